The maximum Gasteiger partial charge on any atom is 0.343 e. The first-order chi connectivity index (χ1) is 11.2. The zero-order valence-electron chi connectivity index (χ0n) is 14.7. The summed E-state index contributed by atoms with van der Waals surface area (Å²) in [5.74, 6) is 0.225. The number of aryl methyl sites for hydroxylation is 4. The van der Waals surface area contributed by atoms with Gasteiger partial charge in [-0.25, -0.2) is 4.79 Å². The Labute approximate surface area is 142 Å². The van der Waals surface area contributed by atoms with Crippen molar-refractivity contribution in [1.82, 2.24) is 0 Å². The van der Waals surface area contributed by atoms with E-state index in [1.54, 1.807) is 38.1 Å². The summed E-state index contributed by atoms with van der Waals surface area (Å²) >= 11 is 0. The van der Waals surface area contributed by atoms with Gasteiger partial charge in [-0.1, -0.05) is 6.92 Å². The van der Waals surface area contributed by atoms with Gasteiger partial charge in [0.1, 0.15) is 11.5 Å². The van der Waals surface area contributed by atoms with Crippen LogP contribution in [0, 0.1) is 27.7 Å². The Balaban J connectivity index is 2.34. The van der Waals surface area contributed by atoms with Crippen molar-refractivity contribution in [2.24, 2.45) is 0 Å². The molecule has 0 heterocycles. The quantitative estimate of drug-likeness (QED) is 0.512. The molecule has 24 heavy (non-hydrogen) atoms. The molecule has 0 aromatic heterocycles. The number of phenolic OH excluding ortho intramolecular Hbond substituents is 1. The van der Waals surface area contributed by atoms with Gasteiger partial charge in [-0.2, -0.15) is 0 Å². The van der Waals surface area contributed by atoms with Crippen molar-refractivity contribution in [2.75, 3.05) is 0 Å². The molecule has 1 N–H and O–H groups in total. The molecule has 2 rings (SSSR count). The molecule has 0 bridgehead atoms. The van der Waals surface area contributed by atoms with Crippen molar-refractivity contribution in [2.45, 2.75) is 41.0 Å². The molecule has 0 unspecified atom stereocenters. The molecule has 0 spiro atoms. The van der Waals surface area contributed by atoms with Crippen LogP contribution >= 0.6 is 0 Å². The maximum absolute atomic E-state index is 12.4. The van der Waals surface area contributed by atoms with E-state index in [1.807, 2.05) is 20.8 Å². The Bertz CT molecular complexity index is 772. The zero-order valence-corrected chi connectivity index (χ0v) is 14.7. The van der Waals surface area contributed by atoms with Gasteiger partial charge in [-0.15, -0.1) is 0 Å². The van der Waals surface area contributed by atoms with Crippen molar-refractivity contribution >= 4 is 11.8 Å². The second-order valence-electron chi connectivity index (χ2n) is 6.06. The maximum atomic E-state index is 12.4. The van der Waals surface area contributed by atoms with E-state index in [0.717, 1.165) is 11.1 Å². The first-order valence-electron chi connectivity index (χ1n) is 7.91. The van der Waals surface area contributed by atoms with Crippen molar-refractivity contribution in [3.8, 4) is 11.5 Å². The highest BCUT2D eigenvalue weighted by molar-refractivity contribution is 5.97. The molecule has 2 aromatic rings. The number of hydrogen-bond donors (Lipinski definition) is 1. The van der Waals surface area contributed by atoms with Gasteiger partial charge in [0.05, 0.1) is 5.56 Å². The van der Waals surface area contributed by atoms with Gasteiger partial charge in [-0.3, -0.25) is 4.79 Å². The van der Waals surface area contributed by atoms with Gasteiger partial charge >= 0.3 is 5.97 Å². The molecule has 0 aliphatic carbocycles. The normalized spacial score (nSPS) is 10.5. The van der Waals surface area contributed by atoms with Crippen LogP contribution in [0.4, 0.5) is 0 Å². The summed E-state index contributed by atoms with van der Waals surface area (Å²) in [7, 11) is 0. The summed E-state index contributed by atoms with van der Waals surface area (Å²) in [4.78, 5) is 24.3. The third kappa shape index (κ3) is 3.48. The summed E-state index contributed by atoms with van der Waals surface area (Å²) in [5, 5.41) is 9.81. The molecule has 0 saturated heterocycles. The van der Waals surface area contributed by atoms with Crippen LogP contribution in [0.2, 0.25) is 0 Å². The van der Waals surface area contributed by atoms with Crippen LogP contribution in [-0.4, -0.2) is 16.9 Å². The summed E-state index contributed by atoms with van der Waals surface area (Å²) in [6, 6.07) is 6.69. The predicted octanol–water partition coefficient (Wildman–Crippen LogP) is 4.44. The molecule has 0 amide bonds. The van der Waals surface area contributed by atoms with Gasteiger partial charge in [0.2, 0.25) is 0 Å². The second-order valence-corrected chi connectivity index (χ2v) is 6.06. The van der Waals surface area contributed by atoms with Crippen LogP contribution in [0.5, 0.6) is 11.5 Å². The fourth-order valence-electron chi connectivity index (χ4n) is 2.70. The minimum absolute atomic E-state index is 0.0591. The van der Waals surface area contributed by atoms with Crippen LogP contribution in [0.15, 0.2) is 24.3 Å². The highest BCUT2D eigenvalue weighted by Crippen LogP contribution is 2.28. The molecule has 126 valence electrons. The van der Waals surface area contributed by atoms with Gasteiger partial charge in [0, 0.05) is 12.0 Å². The van der Waals surface area contributed by atoms with Crippen LogP contribution in [-0.2, 0) is 0 Å². The minimum Gasteiger partial charge on any atom is -0.507 e. The van der Waals surface area contributed by atoms with Crippen LogP contribution < -0.4 is 4.74 Å². The Hall–Kier alpha value is -2.62. The molecule has 2 aromatic carbocycles. The van der Waals surface area contributed by atoms with E-state index in [9.17, 15) is 14.7 Å². The number of hydrogen-bond acceptors (Lipinski definition) is 4. The molecule has 0 saturated carbocycles. The number of ketones is 1. The predicted molar refractivity (Wildman–Crippen MR) is 93.1 cm³/mol. The van der Waals surface area contributed by atoms with Gasteiger partial charge in [0.25, 0.3) is 0 Å². The molecule has 0 fully saturated rings. The number of esters is 1. The van der Waals surface area contributed by atoms with E-state index in [0.29, 0.717) is 34.4 Å². The smallest absolute Gasteiger partial charge is 0.343 e. The van der Waals surface area contributed by atoms with E-state index < -0.39 is 5.97 Å². The fraction of sp³-hybridized carbons (Fsp3) is 0.300. The lowest BCUT2D eigenvalue weighted by Gasteiger charge is -2.13. The Morgan fingerprint density at radius 3 is 1.79 bits per heavy atom. The number of carbonyl (C=O) groups is 2. The van der Waals surface area contributed by atoms with Crippen LogP contribution in [0.1, 0.15) is 56.3 Å². The number of ether oxygens (including phenoxy) is 1. The van der Waals surface area contributed by atoms with Crippen LogP contribution in [0.3, 0.4) is 0 Å². The first kappa shape index (κ1) is 17.7. The molecule has 4 heteroatoms. The molecule has 0 aliphatic heterocycles. The SMILES string of the molecule is CCC(=O)c1cc(C)c(OC(=O)c2cc(C)c(O)c(C)c2)c(C)c1. The summed E-state index contributed by atoms with van der Waals surface area (Å²) < 4.78 is 5.55. The lowest BCUT2D eigenvalue weighted by molar-refractivity contribution is 0.0732. The summed E-state index contributed by atoms with van der Waals surface area (Å²) in [6.45, 7) is 8.92. The molecular weight excluding hydrogens is 304 g/mol. The van der Waals surface area contributed by atoms with Crippen LogP contribution in [0.25, 0.3) is 0 Å². The lowest BCUT2D eigenvalue weighted by atomic mass is 10.0. The van der Waals surface area contributed by atoms with Crippen molar-refractivity contribution < 1.29 is 19.4 Å². The molecule has 0 aliphatic rings. The monoisotopic (exact) mass is 326 g/mol. The van der Waals surface area contributed by atoms with Crippen molar-refractivity contribution in [3.63, 3.8) is 0 Å². The average Bonchev–Trinajstić information content (AvgIpc) is 2.54. The topological polar surface area (TPSA) is 63.6 Å². The van der Waals surface area contributed by atoms with Crippen molar-refractivity contribution in [1.29, 1.82) is 0 Å². The number of phenols is 1. The Kier molecular flexibility index (Phi) is 5.07. The molecular formula is C20H22O4. The largest absolute Gasteiger partial charge is 0.507 e. The Morgan fingerprint density at radius 1 is 0.875 bits per heavy atom. The molecule has 4 nitrogen and oxygen atoms in total. The highest BCUT2D eigenvalue weighted by Gasteiger charge is 2.16. The summed E-state index contributed by atoms with van der Waals surface area (Å²) in [5.41, 5.74) is 3.75. The van der Waals surface area contributed by atoms with E-state index in [2.05, 4.69) is 0 Å². The number of carbonyl (C=O) groups excluding carboxylic acids is 2. The number of rotatable bonds is 4. The standard InChI is InChI=1S/C20H22O4/c1-6-17(21)15-9-13(4)19(14(5)10-15)24-20(23)16-7-11(2)18(22)12(3)8-16/h7-10,22H,6H2,1-5H3. The molecule has 0 radical (unpaired) electrons. The van der Waals surface area contributed by atoms with E-state index in [4.69, 9.17) is 4.74 Å². The number of Topliss-reactive ketones (excluding diaryl/α,β-unsaturated/α-hetero) is 1. The van der Waals surface area contributed by atoms with E-state index in [-0.39, 0.29) is 11.5 Å². The third-order valence-corrected chi connectivity index (χ3v) is 4.02. The lowest BCUT2D eigenvalue weighted by Crippen LogP contribution is -2.11. The highest BCUT2D eigenvalue weighted by atomic mass is 16.5. The van der Waals surface area contributed by atoms with E-state index in [1.165, 1.54) is 0 Å². The minimum atomic E-state index is -0.484. The zero-order chi connectivity index (χ0) is 18.0. The van der Waals surface area contributed by atoms with E-state index >= 15 is 0 Å². The van der Waals surface area contributed by atoms with Gasteiger partial charge in [-0.05, 0) is 74.2 Å². The first-order valence-corrected chi connectivity index (χ1v) is 7.91. The second kappa shape index (κ2) is 6.87. The van der Waals surface area contributed by atoms with Gasteiger partial charge < -0.3 is 9.84 Å². The molecule has 0 atom stereocenters. The van der Waals surface area contributed by atoms with Gasteiger partial charge in [0.15, 0.2) is 5.78 Å². The third-order valence-electron chi connectivity index (χ3n) is 4.02. The average molecular weight is 326 g/mol. The number of benzene rings is 2. The number of aromatic hydroxyl groups is 1. The van der Waals surface area contributed by atoms with Crippen molar-refractivity contribution in [3.05, 3.63) is 57.6 Å². The fourth-order valence-corrected chi connectivity index (χ4v) is 2.70. The Morgan fingerprint density at radius 2 is 1.33 bits per heavy atom. The summed E-state index contributed by atoms with van der Waals surface area (Å²) in [6.07, 6.45) is 0.435.